The number of nitrogens with two attached hydrogens (primary N) is 2. The molecule has 6 aromatic carbocycles. The molecule has 5 amide bonds. The van der Waals surface area contributed by atoms with Gasteiger partial charge in [0, 0.05) is 90.5 Å². The first kappa shape index (κ1) is 95.0. The Bertz CT molecular complexity index is 4550. The summed E-state index contributed by atoms with van der Waals surface area (Å²) in [5.41, 5.74) is 16.7. The summed E-state index contributed by atoms with van der Waals surface area (Å²) in [6.07, 6.45) is 1.27. The van der Waals surface area contributed by atoms with E-state index in [1.165, 1.54) is 0 Å². The molecular formula is C90H119N7O26. The number of nitrogens with zero attached hydrogens (tertiary/aromatic N) is 5. The smallest absolute Gasteiger partial charge is 0.262 e. The molecule has 9 aliphatic rings. The lowest BCUT2D eigenvalue weighted by molar-refractivity contribution is -0.179. The maximum absolute atomic E-state index is 13.5. The van der Waals surface area contributed by atoms with Crippen LogP contribution < -0.4 is 58.8 Å². The van der Waals surface area contributed by atoms with Crippen LogP contribution in [0.5, 0.6) is 57.5 Å². The Hall–Kier alpha value is -10.3. The second kappa shape index (κ2) is 41.0. The van der Waals surface area contributed by atoms with Crippen molar-refractivity contribution < 1.29 is 124 Å². The molecule has 9 heterocycles. The predicted molar refractivity (Wildman–Crippen MR) is 449 cm³/mol. The van der Waals surface area contributed by atoms with Gasteiger partial charge < -0.3 is 126 Å². The average molecular weight is 1710 g/mol. The number of carbonyl (C=O) groups is 6. The van der Waals surface area contributed by atoms with Crippen molar-refractivity contribution in [1.82, 2.24) is 19.6 Å². The number of ether oxygens (including phenoxy) is 20. The van der Waals surface area contributed by atoms with Crippen LogP contribution in [0.1, 0.15) is 125 Å². The van der Waals surface area contributed by atoms with Crippen LogP contribution in [0.4, 0.5) is 0 Å². The first-order chi connectivity index (χ1) is 58.5. The molecule has 123 heavy (non-hydrogen) atoms. The highest BCUT2D eigenvalue weighted by Crippen LogP contribution is 2.43. The van der Waals surface area contributed by atoms with E-state index in [2.05, 4.69) is 4.99 Å². The fourth-order valence-corrected chi connectivity index (χ4v) is 15.5. The molecule has 8 saturated heterocycles. The van der Waals surface area contributed by atoms with Gasteiger partial charge in [-0.15, -0.1) is 0 Å². The lowest BCUT2D eigenvalue weighted by Gasteiger charge is -2.51. The molecule has 0 unspecified atom stereocenters. The molecule has 0 saturated carbocycles. The van der Waals surface area contributed by atoms with E-state index >= 15 is 0 Å². The predicted octanol–water partition coefficient (Wildman–Crippen LogP) is 9.25. The van der Waals surface area contributed by atoms with Crippen molar-refractivity contribution in [2.24, 2.45) is 22.4 Å². The quantitative estimate of drug-likeness (QED) is 0.0233. The molecule has 0 aliphatic carbocycles. The van der Waals surface area contributed by atoms with Crippen LogP contribution in [0.25, 0.3) is 0 Å². The molecule has 15 rings (SSSR count). The maximum Gasteiger partial charge on any atom is 0.262 e. The van der Waals surface area contributed by atoms with Gasteiger partial charge in [-0.1, -0.05) is 25.1 Å². The standard InChI is InChI=1S/C25H26N2O7.C18H25NO5.C17H24N2O5.C15H21NO4.C9H13NO2.C6H10O3/c1-25(2)33-13-19(34-25)20-21(27-22(28)16-7-5-6-8-17(16)23(27)29)24(30)26(20)12-14-9-10-15(31-3)11-18(14)32-4;1-11-16(15-10-23-18(2,3)24-15)19(17(11)20)9-12-6-7-13(21-4)8-14(12)22-5;1-17(2)23-9-13(24-17)15-14(18)16(20)19(15)8-10-5-6-11(21-3)7-12(10)22-4;1-15(2)19-10-13(20-15)9-16-8-11-5-6-12(17-3)7-14(11)18-4;1-11-8-4-3-7(6-10)9(5-8)12-2;1-6(2)8-4-5(3-7)9-6/h5-11,19-21H,12-13H2,1-4H3;6-8,11,15-16H,9-10H2,1-5H3;5-7,13-15H,8-9,18H2,1-4H3;5-7,9,13H,8,10H2,1-4H3;3-5H,6,10H2,1-2H3;3,5H,4H2,1-2H3/t19-,20+,21-;11-,15-,16-;13-,14-,15+;13-;;5-/m0001.1/s1. The van der Waals surface area contributed by atoms with Crippen LogP contribution in [0.15, 0.2) is 120 Å². The molecule has 0 spiro atoms. The van der Waals surface area contributed by atoms with Crippen molar-refractivity contribution in [2.75, 3.05) is 104 Å². The van der Waals surface area contributed by atoms with E-state index in [1.807, 2.05) is 126 Å². The van der Waals surface area contributed by atoms with Crippen LogP contribution >= 0.6 is 0 Å². The van der Waals surface area contributed by atoms with Gasteiger partial charge in [0.1, 0.15) is 100 Å². The Morgan fingerprint density at radius 3 is 1.07 bits per heavy atom. The van der Waals surface area contributed by atoms with E-state index in [4.69, 9.17) is 106 Å². The third-order valence-electron chi connectivity index (χ3n) is 21.9. The molecule has 0 bridgehead atoms. The monoisotopic (exact) mass is 1710 g/mol. The van der Waals surface area contributed by atoms with Crippen LogP contribution in [0.2, 0.25) is 0 Å². The molecule has 33 nitrogen and oxygen atoms in total. The Balaban J connectivity index is 0.000000161. The summed E-state index contributed by atoms with van der Waals surface area (Å²) in [6.45, 7) is 24.6. The molecule has 9 aliphatic heterocycles. The van der Waals surface area contributed by atoms with Gasteiger partial charge >= 0.3 is 0 Å². The Morgan fingerprint density at radius 2 is 0.724 bits per heavy atom. The SMILES string of the molecule is CC1(C)OC[C@@H](C=O)O1.COc1ccc(CN)c(OC)c1.COc1ccc(CN2C(=O)[C@@H](C)[C@H]2[C@@H]2COC(C)(C)O2)c(OC)c1.COc1ccc(CN2C(=O)[C@@H](N)[C@H]2[C@@H]2COC(C)(C)O2)c(OC)c1.COc1ccc(CN2C(=O)[C@@H](N3C(=O)c4ccccc4C3=O)[C@H]2[C@@H]2COC(C)(C)O2)c(OC)c1.COc1ccc(CN=C[C@@H]2COC(C)(C)O2)c(OC)c1. The zero-order chi connectivity index (χ0) is 89.6. The van der Waals surface area contributed by atoms with Crippen LogP contribution in [-0.2, 0) is 99.3 Å². The topological polar surface area (TPSA) is 364 Å². The Morgan fingerprint density at radius 1 is 0.398 bits per heavy atom. The minimum absolute atomic E-state index is 0.0195. The molecule has 0 aromatic heterocycles. The normalized spacial score (nSPS) is 25.0. The third kappa shape index (κ3) is 22.8. The van der Waals surface area contributed by atoms with Crippen molar-refractivity contribution in [3.05, 3.63) is 154 Å². The number of hydrogen-bond donors (Lipinski definition) is 2. The number of hydrogen-bond acceptors (Lipinski definition) is 29. The van der Waals surface area contributed by atoms with Crippen molar-refractivity contribution in [2.45, 2.75) is 199 Å². The number of amides is 5. The van der Waals surface area contributed by atoms with E-state index < -0.39 is 65.0 Å². The van der Waals surface area contributed by atoms with E-state index in [-0.39, 0.29) is 73.3 Å². The number of aldehydes is 1. The van der Waals surface area contributed by atoms with E-state index in [9.17, 15) is 28.8 Å². The lowest BCUT2D eigenvalue weighted by atomic mass is 9.84. The highest BCUT2D eigenvalue weighted by Gasteiger charge is 2.61. The van der Waals surface area contributed by atoms with Crippen molar-refractivity contribution >= 4 is 42.0 Å². The zero-order valence-corrected chi connectivity index (χ0v) is 74.1. The number of rotatable bonds is 25. The highest BCUT2D eigenvalue weighted by atomic mass is 16.8. The molecular weight excluding hydrogens is 1600 g/mol. The number of imide groups is 1. The molecule has 11 atom stereocenters. The van der Waals surface area contributed by atoms with Gasteiger partial charge in [0.15, 0.2) is 35.2 Å². The number of carbonyl (C=O) groups excluding carboxylic acids is 6. The van der Waals surface area contributed by atoms with E-state index in [0.29, 0.717) is 92.5 Å². The van der Waals surface area contributed by atoms with Gasteiger partial charge in [0.25, 0.3) is 11.8 Å². The molecule has 4 N–H and O–H groups in total. The molecule has 0 radical (unpaired) electrons. The zero-order valence-electron chi connectivity index (χ0n) is 74.1. The van der Waals surface area contributed by atoms with Crippen molar-refractivity contribution in [3.63, 3.8) is 0 Å². The fourth-order valence-electron chi connectivity index (χ4n) is 15.5. The fraction of sp³-hybridized carbons (Fsp3) is 0.522. The largest absolute Gasteiger partial charge is 0.497 e. The molecule has 670 valence electrons. The second-order valence-corrected chi connectivity index (χ2v) is 32.2. The van der Waals surface area contributed by atoms with Crippen LogP contribution in [0.3, 0.4) is 0 Å². The number of likely N-dealkylation sites (tertiary alicyclic amines) is 3. The highest BCUT2D eigenvalue weighted by molar-refractivity contribution is 6.23. The van der Waals surface area contributed by atoms with Crippen molar-refractivity contribution in [3.8, 4) is 57.5 Å². The summed E-state index contributed by atoms with van der Waals surface area (Å²) >= 11 is 0. The first-order valence-electron chi connectivity index (χ1n) is 40.4. The number of methoxy groups -OCH3 is 10. The number of fused-ring (bicyclic) bond motifs is 1. The summed E-state index contributed by atoms with van der Waals surface area (Å²) in [7, 11) is 16.0. The first-order valence-corrected chi connectivity index (χ1v) is 40.4. The third-order valence-corrected chi connectivity index (χ3v) is 21.9. The van der Waals surface area contributed by atoms with Gasteiger partial charge in [0.05, 0.1) is 146 Å². The van der Waals surface area contributed by atoms with Gasteiger partial charge in [-0.05, 0) is 136 Å². The van der Waals surface area contributed by atoms with Crippen molar-refractivity contribution in [1.29, 1.82) is 0 Å². The summed E-state index contributed by atoms with van der Waals surface area (Å²) in [4.78, 5) is 85.1. The summed E-state index contributed by atoms with van der Waals surface area (Å²) in [5, 5.41) is 0. The number of β-lactam (4-membered cyclic amide) rings is 3. The van der Waals surface area contributed by atoms with Gasteiger partial charge in [-0.3, -0.25) is 33.9 Å². The van der Waals surface area contributed by atoms with E-state index in [1.54, 1.807) is 157 Å². The molecule has 33 heteroatoms. The van der Waals surface area contributed by atoms with E-state index in [0.717, 1.165) is 67.8 Å². The Kier molecular flexibility index (Phi) is 31.7. The maximum atomic E-state index is 13.5. The number of benzene rings is 6. The molecule has 8 fully saturated rings. The number of aliphatic imine (C=N–C) groups is 1. The lowest BCUT2D eigenvalue weighted by Crippen LogP contribution is -2.74. The van der Waals surface area contributed by atoms with Gasteiger partial charge in [-0.2, -0.15) is 0 Å². The Labute approximate surface area is 718 Å². The van der Waals surface area contributed by atoms with Gasteiger partial charge in [0.2, 0.25) is 17.7 Å². The van der Waals surface area contributed by atoms with Crippen LogP contribution in [-0.4, -0.2) is 255 Å². The van der Waals surface area contributed by atoms with Gasteiger partial charge in [-0.25, -0.2) is 0 Å². The minimum Gasteiger partial charge on any atom is -0.497 e. The minimum atomic E-state index is -0.973. The molecule has 6 aromatic rings. The van der Waals surface area contributed by atoms with Crippen LogP contribution in [0, 0.1) is 5.92 Å². The summed E-state index contributed by atoms with van der Waals surface area (Å²) in [5.74, 6) is 2.66. The second-order valence-electron chi connectivity index (χ2n) is 32.2. The summed E-state index contributed by atoms with van der Waals surface area (Å²) < 4.78 is 109. The average Bonchev–Trinajstić information content (AvgIpc) is 1.57. The summed E-state index contributed by atoms with van der Waals surface area (Å²) in [6, 6.07) is 32.1.